The molecule has 0 spiro atoms. The molecule has 1 N–H and O–H groups in total. The van der Waals surface area contributed by atoms with Crippen molar-refractivity contribution in [1.82, 2.24) is 5.32 Å². The van der Waals surface area contributed by atoms with Gasteiger partial charge in [0.15, 0.2) is 0 Å². The van der Waals surface area contributed by atoms with Gasteiger partial charge in [0.1, 0.15) is 0 Å². The third-order valence-corrected chi connectivity index (χ3v) is 4.37. The molecule has 2 rings (SSSR count). The van der Waals surface area contributed by atoms with Crippen molar-refractivity contribution in [3.63, 3.8) is 0 Å². The molecule has 1 saturated carbocycles. The van der Waals surface area contributed by atoms with E-state index in [1.165, 1.54) is 29.1 Å². The van der Waals surface area contributed by atoms with E-state index in [-0.39, 0.29) is 0 Å². The second-order valence-electron chi connectivity index (χ2n) is 4.31. The van der Waals surface area contributed by atoms with Gasteiger partial charge in [-0.05, 0) is 44.4 Å². The lowest BCUT2D eigenvalue weighted by Gasteiger charge is -2.15. The Morgan fingerprint density at radius 2 is 2.13 bits per heavy atom. The van der Waals surface area contributed by atoms with Gasteiger partial charge in [0.2, 0.25) is 0 Å². The van der Waals surface area contributed by atoms with Crippen LogP contribution in [0.1, 0.15) is 18.4 Å². The Morgan fingerprint density at radius 3 is 2.73 bits per heavy atom. The lowest BCUT2D eigenvalue weighted by molar-refractivity contribution is 0.554. The van der Waals surface area contributed by atoms with Crippen molar-refractivity contribution in [3.8, 4) is 0 Å². The van der Waals surface area contributed by atoms with Crippen LogP contribution < -0.4 is 5.32 Å². The number of nitrogens with one attached hydrogen (secondary N) is 1. The summed E-state index contributed by atoms with van der Waals surface area (Å²) in [6, 6.07) is 9.35. The molecule has 1 aliphatic carbocycles. The van der Waals surface area contributed by atoms with E-state index in [1.54, 1.807) is 0 Å². The van der Waals surface area contributed by atoms with Gasteiger partial charge < -0.3 is 5.32 Å². The van der Waals surface area contributed by atoms with Gasteiger partial charge in [-0.2, -0.15) is 0 Å². The van der Waals surface area contributed by atoms with Crippen LogP contribution in [0.2, 0.25) is 0 Å². The van der Waals surface area contributed by atoms with Crippen molar-refractivity contribution in [3.05, 3.63) is 29.8 Å². The number of aryl methyl sites for hydroxylation is 1. The number of thioether (sulfide) groups is 1. The van der Waals surface area contributed by atoms with Gasteiger partial charge >= 0.3 is 0 Å². The molecule has 0 saturated heterocycles. The second-order valence-corrected chi connectivity index (χ2v) is 5.37. The van der Waals surface area contributed by atoms with E-state index in [9.17, 15) is 0 Å². The summed E-state index contributed by atoms with van der Waals surface area (Å²) in [5, 5.41) is 3.43. The molecule has 0 amide bonds. The summed E-state index contributed by atoms with van der Waals surface area (Å²) >= 11 is 1.99. The summed E-state index contributed by atoms with van der Waals surface area (Å²) in [4.78, 5) is 1.43. The highest BCUT2D eigenvalue weighted by Gasteiger charge is 2.29. The van der Waals surface area contributed by atoms with Crippen LogP contribution in [-0.4, -0.2) is 18.8 Å². The van der Waals surface area contributed by atoms with Gasteiger partial charge in [-0.3, -0.25) is 0 Å². The Morgan fingerprint density at radius 1 is 1.40 bits per heavy atom. The van der Waals surface area contributed by atoms with Gasteiger partial charge in [0.05, 0.1) is 0 Å². The molecule has 1 fully saturated rings. The van der Waals surface area contributed by atoms with E-state index in [0.717, 1.165) is 5.92 Å². The fraction of sp³-hybridized carbons (Fsp3) is 0.538. The highest BCUT2D eigenvalue weighted by Crippen LogP contribution is 2.35. The molecular formula is C13H19NS. The van der Waals surface area contributed by atoms with Gasteiger partial charge in [-0.15, -0.1) is 11.8 Å². The molecular weight excluding hydrogens is 202 g/mol. The zero-order valence-corrected chi connectivity index (χ0v) is 10.3. The highest BCUT2D eigenvalue weighted by atomic mass is 32.2. The second kappa shape index (κ2) is 5.04. The molecule has 82 valence electrons. The van der Waals surface area contributed by atoms with Crippen LogP contribution in [0.3, 0.4) is 0 Å². The first kappa shape index (κ1) is 11.0. The smallest absolute Gasteiger partial charge is 0.0186 e. The van der Waals surface area contributed by atoms with Crippen LogP contribution in [0.5, 0.6) is 0 Å². The summed E-state index contributed by atoms with van der Waals surface area (Å²) in [5.74, 6) is 2.14. The zero-order valence-electron chi connectivity index (χ0n) is 9.49. The Kier molecular flexibility index (Phi) is 3.71. The predicted molar refractivity (Wildman–Crippen MR) is 67.5 cm³/mol. The first-order valence-corrected chi connectivity index (χ1v) is 6.65. The summed E-state index contributed by atoms with van der Waals surface area (Å²) < 4.78 is 0. The average Bonchev–Trinajstić information content (AvgIpc) is 3.06. The molecule has 2 heteroatoms. The molecule has 1 unspecified atom stereocenters. The van der Waals surface area contributed by atoms with Crippen LogP contribution >= 0.6 is 11.8 Å². The Labute approximate surface area is 96.7 Å². The summed E-state index contributed by atoms with van der Waals surface area (Å²) in [7, 11) is 2.08. The van der Waals surface area contributed by atoms with E-state index in [1.807, 2.05) is 11.8 Å². The monoisotopic (exact) mass is 221 g/mol. The molecule has 1 atom stereocenters. The maximum atomic E-state index is 3.43. The van der Waals surface area contributed by atoms with Crippen LogP contribution in [0.15, 0.2) is 29.2 Å². The van der Waals surface area contributed by atoms with E-state index < -0.39 is 0 Å². The fourth-order valence-electron chi connectivity index (χ4n) is 1.85. The van der Waals surface area contributed by atoms with E-state index in [2.05, 4.69) is 43.6 Å². The van der Waals surface area contributed by atoms with E-state index >= 15 is 0 Å². The van der Waals surface area contributed by atoms with Crippen LogP contribution in [0.25, 0.3) is 0 Å². The Balaban J connectivity index is 1.89. The third kappa shape index (κ3) is 2.99. The number of rotatable bonds is 5. The van der Waals surface area contributed by atoms with Crippen molar-refractivity contribution in [2.24, 2.45) is 5.92 Å². The van der Waals surface area contributed by atoms with Gasteiger partial charge in [0.25, 0.3) is 0 Å². The molecule has 0 heterocycles. The largest absolute Gasteiger partial charge is 0.316 e. The standard InChI is InChI=1S/C13H19NS/c1-10-5-3-4-6-13(10)15-9-12(14-2)11-7-8-11/h3-6,11-12,14H,7-9H2,1-2H3. The van der Waals surface area contributed by atoms with Crippen LogP contribution in [0, 0.1) is 12.8 Å². The first-order valence-electron chi connectivity index (χ1n) is 5.67. The van der Waals surface area contributed by atoms with Crippen molar-refractivity contribution in [1.29, 1.82) is 0 Å². The maximum Gasteiger partial charge on any atom is 0.0186 e. The lowest BCUT2D eigenvalue weighted by atomic mass is 10.2. The van der Waals surface area contributed by atoms with E-state index in [0.29, 0.717) is 6.04 Å². The highest BCUT2D eigenvalue weighted by molar-refractivity contribution is 7.99. The molecule has 0 radical (unpaired) electrons. The molecule has 0 bridgehead atoms. The van der Waals surface area contributed by atoms with Crippen molar-refractivity contribution < 1.29 is 0 Å². The van der Waals surface area contributed by atoms with Crippen LogP contribution in [-0.2, 0) is 0 Å². The maximum absolute atomic E-state index is 3.43. The summed E-state index contributed by atoms with van der Waals surface area (Å²) in [6.07, 6.45) is 2.83. The zero-order chi connectivity index (χ0) is 10.7. The molecule has 1 nitrogen and oxygen atoms in total. The van der Waals surface area contributed by atoms with Crippen molar-refractivity contribution >= 4 is 11.8 Å². The molecule has 1 aromatic rings. The summed E-state index contributed by atoms with van der Waals surface area (Å²) in [5.41, 5.74) is 1.40. The molecule has 1 aliphatic rings. The Hall–Kier alpha value is -0.470. The van der Waals surface area contributed by atoms with Crippen molar-refractivity contribution in [2.75, 3.05) is 12.8 Å². The van der Waals surface area contributed by atoms with Crippen molar-refractivity contribution in [2.45, 2.75) is 30.7 Å². The molecule has 15 heavy (non-hydrogen) atoms. The SMILES string of the molecule is CNC(CSc1ccccc1C)C1CC1. The molecule has 0 aromatic heterocycles. The predicted octanol–water partition coefficient (Wildman–Crippen LogP) is 3.09. The number of hydrogen-bond donors (Lipinski definition) is 1. The topological polar surface area (TPSA) is 12.0 Å². The lowest BCUT2D eigenvalue weighted by Crippen LogP contribution is -2.29. The fourth-order valence-corrected chi connectivity index (χ4v) is 3.12. The molecule has 0 aliphatic heterocycles. The van der Waals surface area contributed by atoms with Gasteiger partial charge in [0, 0.05) is 16.7 Å². The summed E-state index contributed by atoms with van der Waals surface area (Å²) in [6.45, 7) is 2.19. The van der Waals surface area contributed by atoms with Gasteiger partial charge in [-0.1, -0.05) is 18.2 Å². The minimum absolute atomic E-state index is 0.703. The van der Waals surface area contributed by atoms with E-state index in [4.69, 9.17) is 0 Å². The quantitative estimate of drug-likeness (QED) is 0.767. The first-order chi connectivity index (χ1) is 7.31. The normalized spacial score (nSPS) is 17.7. The number of benzene rings is 1. The van der Waals surface area contributed by atoms with Gasteiger partial charge in [-0.25, -0.2) is 0 Å². The Bertz CT molecular complexity index is 320. The number of hydrogen-bond acceptors (Lipinski definition) is 2. The molecule has 1 aromatic carbocycles. The third-order valence-electron chi connectivity index (χ3n) is 3.07. The van der Waals surface area contributed by atoms with Crippen LogP contribution in [0.4, 0.5) is 0 Å². The average molecular weight is 221 g/mol. The minimum atomic E-state index is 0.703. The minimum Gasteiger partial charge on any atom is -0.316 e.